The lowest BCUT2D eigenvalue weighted by atomic mass is 9.88. The molecule has 0 bridgehead atoms. The number of phosphoric acid groups is 1. The lowest BCUT2D eigenvalue weighted by molar-refractivity contribution is -0.0744. The second-order valence-corrected chi connectivity index (χ2v) is 7.61. The number of nitrogens with zero attached hydrogens (tertiary/aromatic N) is 3. The van der Waals surface area contributed by atoms with Crippen molar-refractivity contribution in [3.63, 3.8) is 0 Å². The molecule has 2 aromatic rings. The van der Waals surface area contributed by atoms with Crippen LogP contribution in [0, 0.1) is 5.92 Å². The Hall–Kier alpha value is -1.58. The first-order valence-corrected chi connectivity index (χ1v) is 9.20. The second kappa shape index (κ2) is 6.00. The van der Waals surface area contributed by atoms with Crippen molar-refractivity contribution in [3.05, 3.63) is 18.6 Å². The molecular formula is C14H20FN4O5P. The lowest BCUT2D eigenvalue weighted by Crippen LogP contribution is -2.36. The highest BCUT2D eigenvalue weighted by atomic mass is 31.2. The van der Waals surface area contributed by atoms with Crippen molar-refractivity contribution >= 4 is 24.7 Å². The van der Waals surface area contributed by atoms with Gasteiger partial charge < -0.3 is 24.8 Å². The van der Waals surface area contributed by atoms with Gasteiger partial charge in [-0.1, -0.05) is 6.92 Å². The van der Waals surface area contributed by atoms with E-state index >= 15 is 4.39 Å². The Bertz CT molecular complexity index is 838. The topological polar surface area (TPSA) is 133 Å². The van der Waals surface area contributed by atoms with E-state index in [0.29, 0.717) is 11.0 Å². The first-order chi connectivity index (χ1) is 11.5. The number of fused-ring (bicyclic) bond motifs is 1. The van der Waals surface area contributed by atoms with E-state index in [1.165, 1.54) is 24.7 Å². The Morgan fingerprint density at radius 2 is 2.20 bits per heavy atom. The Labute approximate surface area is 143 Å². The van der Waals surface area contributed by atoms with Gasteiger partial charge in [-0.25, -0.2) is 18.9 Å². The lowest BCUT2D eigenvalue weighted by Gasteiger charge is -2.26. The Morgan fingerprint density at radius 3 is 2.84 bits per heavy atom. The molecule has 11 heteroatoms. The minimum atomic E-state index is -4.71. The number of nitrogens with two attached hydrogens (primary N) is 1. The number of ether oxygens (including phenoxy) is 1. The van der Waals surface area contributed by atoms with Crippen LogP contribution >= 0.6 is 7.82 Å². The van der Waals surface area contributed by atoms with Crippen LogP contribution in [0.5, 0.6) is 0 Å². The molecule has 4 N–H and O–H groups in total. The Morgan fingerprint density at radius 1 is 1.52 bits per heavy atom. The van der Waals surface area contributed by atoms with Crippen molar-refractivity contribution < 1.29 is 28.0 Å². The van der Waals surface area contributed by atoms with Crippen LogP contribution in [0.15, 0.2) is 18.6 Å². The van der Waals surface area contributed by atoms with Crippen molar-refractivity contribution in [2.45, 2.75) is 44.9 Å². The van der Waals surface area contributed by atoms with Crippen molar-refractivity contribution in [1.29, 1.82) is 0 Å². The molecule has 3 rings (SSSR count). The van der Waals surface area contributed by atoms with E-state index < -0.39 is 37.8 Å². The third kappa shape index (κ3) is 3.16. The number of hydrogen-bond donors (Lipinski definition) is 3. The number of rotatable bonds is 4. The van der Waals surface area contributed by atoms with Gasteiger partial charge in [0.2, 0.25) is 0 Å². The number of nitrogen functional groups attached to an aromatic ring is 1. The molecule has 1 aliphatic rings. The van der Waals surface area contributed by atoms with Crippen LogP contribution in [0.4, 0.5) is 10.2 Å². The predicted octanol–water partition coefficient (Wildman–Crippen LogP) is 1.77. The molecule has 1 fully saturated rings. The number of aromatic nitrogens is 3. The maximum Gasteiger partial charge on any atom is 0.469 e. The van der Waals surface area contributed by atoms with Gasteiger partial charge in [0.1, 0.15) is 17.8 Å². The summed E-state index contributed by atoms with van der Waals surface area (Å²) in [5.74, 6) is -0.416. The van der Waals surface area contributed by atoms with Crippen LogP contribution in [0.1, 0.15) is 27.0 Å². The zero-order chi connectivity index (χ0) is 18.6. The molecule has 0 radical (unpaired) electrons. The van der Waals surface area contributed by atoms with E-state index in [0.717, 1.165) is 0 Å². The van der Waals surface area contributed by atoms with Gasteiger partial charge in [0.15, 0.2) is 11.9 Å². The smallest absolute Gasteiger partial charge is 0.383 e. The summed E-state index contributed by atoms with van der Waals surface area (Å²) in [5.41, 5.74) is 4.39. The molecule has 1 saturated heterocycles. The number of halogens is 1. The van der Waals surface area contributed by atoms with Gasteiger partial charge in [0.25, 0.3) is 0 Å². The molecule has 9 nitrogen and oxygen atoms in total. The molecule has 2 aromatic heterocycles. The van der Waals surface area contributed by atoms with Gasteiger partial charge in [0, 0.05) is 12.1 Å². The van der Waals surface area contributed by atoms with E-state index in [2.05, 4.69) is 14.5 Å². The summed E-state index contributed by atoms with van der Waals surface area (Å²) in [6.07, 6.45) is -0.0372. The molecule has 0 saturated carbocycles. The number of hydrogen-bond acceptors (Lipinski definition) is 6. The van der Waals surface area contributed by atoms with E-state index in [9.17, 15) is 4.57 Å². The summed E-state index contributed by atoms with van der Waals surface area (Å²) in [5, 5.41) is 0.567. The highest BCUT2D eigenvalue weighted by Gasteiger charge is 2.55. The molecule has 0 aromatic carbocycles. The minimum absolute atomic E-state index is 0.269. The predicted molar refractivity (Wildman–Crippen MR) is 87.1 cm³/mol. The Balaban J connectivity index is 1.96. The van der Waals surface area contributed by atoms with Gasteiger partial charge in [0.05, 0.1) is 17.6 Å². The summed E-state index contributed by atoms with van der Waals surface area (Å²) >= 11 is 0. The Kier molecular flexibility index (Phi) is 4.37. The zero-order valence-electron chi connectivity index (χ0n) is 13.9. The molecule has 25 heavy (non-hydrogen) atoms. The van der Waals surface area contributed by atoms with Crippen LogP contribution in [0.3, 0.4) is 0 Å². The monoisotopic (exact) mass is 374 g/mol. The summed E-state index contributed by atoms with van der Waals surface area (Å²) in [6.45, 7) is 4.43. The van der Waals surface area contributed by atoms with Crippen LogP contribution < -0.4 is 5.73 Å². The van der Waals surface area contributed by atoms with E-state index in [1.54, 1.807) is 19.2 Å². The van der Waals surface area contributed by atoms with Gasteiger partial charge >= 0.3 is 7.82 Å². The highest BCUT2D eigenvalue weighted by Crippen LogP contribution is 2.49. The first-order valence-electron chi connectivity index (χ1n) is 7.67. The number of anilines is 1. The largest absolute Gasteiger partial charge is 0.469 e. The molecule has 0 amide bonds. The van der Waals surface area contributed by atoms with E-state index in [-0.39, 0.29) is 5.82 Å². The van der Waals surface area contributed by atoms with Crippen LogP contribution in [0.25, 0.3) is 11.0 Å². The fourth-order valence-corrected chi connectivity index (χ4v) is 3.81. The fourth-order valence-electron chi connectivity index (χ4n) is 3.26. The molecular weight excluding hydrogens is 354 g/mol. The maximum absolute atomic E-state index is 15.4. The molecule has 1 unspecified atom stereocenters. The summed E-state index contributed by atoms with van der Waals surface area (Å²) < 4.78 is 38.5. The summed E-state index contributed by atoms with van der Waals surface area (Å²) in [4.78, 5) is 26.0. The van der Waals surface area contributed by atoms with Crippen molar-refractivity contribution in [2.75, 3.05) is 5.73 Å². The molecule has 3 heterocycles. The molecule has 0 aliphatic carbocycles. The van der Waals surface area contributed by atoms with Crippen molar-refractivity contribution in [2.24, 2.45) is 5.92 Å². The average molecular weight is 374 g/mol. The highest BCUT2D eigenvalue weighted by molar-refractivity contribution is 7.46. The SMILES string of the molecule is CC(OP(=O)(O)O)[C@H]1O[C@@H](n2ccc3c(N)ncnc32)[C@](C)(F)[C@@H]1C. The molecule has 5 atom stereocenters. The van der Waals surface area contributed by atoms with Gasteiger partial charge in [-0.05, 0) is 19.9 Å². The van der Waals surface area contributed by atoms with Crippen molar-refractivity contribution in [1.82, 2.24) is 14.5 Å². The first kappa shape index (κ1) is 18.2. The van der Waals surface area contributed by atoms with Gasteiger partial charge in [-0.15, -0.1) is 0 Å². The molecule has 138 valence electrons. The summed E-state index contributed by atoms with van der Waals surface area (Å²) in [7, 11) is -4.71. The number of alkyl halides is 1. The summed E-state index contributed by atoms with van der Waals surface area (Å²) in [6, 6.07) is 1.66. The standard InChI is InChI=1S/C14H20FN4O5P/c1-7-10(8(2)24-25(20,21)22)23-13(14(7,3)15)19-5-4-9-11(16)17-6-18-12(9)19/h4-8,10,13H,1-3H3,(H2,16,17,18)(H2,20,21,22)/t7-,8?,10+,13-,14-/m1/s1. The second-order valence-electron chi connectivity index (χ2n) is 6.41. The van der Waals surface area contributed by atoms with E-state index in [1.807, 2.05) is 0 Å². The number of phosphoric ester groups is 1. The zero-order valence-corrected chi connectivity index (χ0v) is 14.8. The van der Waals surface area contributed by atoms with Crippen LogP contribution in [-0.2, 0) is 13.8 Å². The van der Waals surface area contributed by atoms with E-state index in [4.69, 9.17) is 20.3 Å². The third-order valence-corrected chi connectivity index (χ3v) is 5.32. The quantitative estimate of drug-likeness (QED) is 0.690. The minimum Gasteiger partial charge on any atom is -0.383 e. The van der Waals surface area contributed by atoms with Crippen LogP contribution in [-0.4, -0.2) is 42.2 Å². The molecule has 1 aliphatic heterocycles. The normalized spacial score (nSPS) is 31.5. The average Bonchev–Trinajstić information content (AvgIpc) is 2.99. The maximum atomic E-state index is 15.4. The van der Waals surface area contributed by atoms with Gasteiger partial charge in [-0.2, -0.15) is 0 Å². The van der Waals surface area contributed by atoms with Gasteiger partial charge in [-0.3, -0.25) is 4.52 Å². The third-order valence-electron chi connectivity index (χ3n) is 4.71. The van der Waals surface area contributed by atoms with Crippen molar-refractivity contribution in [3.8, 4) is 0 Å². The molecule has 0 spiro atoms. The van der Waals surface area contributed by atoms with Crippen LogP contribution in [0.2, 0.25) is 0 Å². The fraction of sp³-hybridized carbons (Fsp3) is 0.571.